The normalized spacial score (nSPS) is 19.8. The first kappa shape index (κ1) is 14.0. The van der Waals surface area contributed by atoms with Crippen LogP contribution in [-0.4, -0.2) is 60.5 Å². The number of likely N-dealkylation sites (N-methyl/N-ethyl adjacent to an activating group) is 1. The Morgan fingerprint density at radius 1 is 1.37 bits per heavy atom. The van der Waals surface area contributed by atoms with Crippen LogP contribution < -0.4 is 5.73 Å². The monoisotopic (exact) mass is 262 g/mol. The summed E-state index contributed by atoms with van der Waals surface area (Å²) in [6, 6.07) is 5.62. The number of amides is 1. The molecular weight excluding hydrogens is 240 g/mol. The van der Waals surface area contributed by atoms with E-state index in [-0.39, 0.29) is 11.8 Å². The summed E-state index contributed by atoms with van der Waals surface area (Å²) >= 11 is 0. The zero-order chi connectivity index (χ0) is 13.7. The van der Waals surface area contributed by atoms with Crippen LogP contribution in [0.5, 0.6) is 0 Å². The third kappa shape index (κ3) is 4.01. The first-order valence-corrected chi connectivity index (χ1v) is 6.78. The Kier molecular flexibility index (Phi) is 4.87. The van der Waals surface area contributed by atoms with Crippen molar-refractivity contribution in [2.75, 3.05) is 39.8 Å². The van der Waals surface area contributed by atoms with E-state index in [1.165, 1.54) is 0 Å². The van der Waals surface area contributed by atoms with E-state index in [0.717, 1.165) is 38.3 Å². The molecule has 1 aliphatic rings. The Morgan fingerprint density at radius 2 is 2.21 bits per heavy atom. The maximum atomic E-state index is 11.7. The predicted molar refractivity (Wildman–Crippen MR) is 74.7 cm³/mol. The zero-order valence-electron chi connectivity index (χ0n) is 11.5. The highest BCUT2D eigenvalue weighted by molar-refractivity contribution is 5.81. The van der Waals surface area contributed by atoms with Gasteiger partial charge in [-0.1, -0.05) is 6.07 Å². The maximum Gasteiger partial charge on any atom is 0.227 e. The van der Waals surface area contributed by atoms with Gasteiger partial charge in [0.15, 0.2) is 0 Å². The second-order valence-electron chi connectivity index (χ2n) is 5.17. The minimum absolute atomic E-state index is 0.295. The number of carbonyl (C=O) groups excluding carboxylic acids is 1. The zero-order valence-corrected chi connectivity index (χ0v) is 11.5. The molecule has 1 saturated heterocycles. The summed E-state index contributed by atoms with van der Waals surface area (Å²) in [4.78, 5) is 20.6. The molecule has 1 amide bonds. The minimum Gasteiger partial charge on any atom is -0.369 e. The Labute approximate surface area is 114 Å². The van der Waals surface area contributed by atoms with Crippen molar-refractivity contribution >= 4 is 5.91 Å². The molecule has 0 bridgehead atoms. The van der Waals surface area contributed by atoms with Crippen molar-refractivity contribution in [3.63, 3.8) is 0 Å². The molecule has 19 heavy (non-hydrogen) atoms. The van der Waals surface area contributed by atoms with E-state index < -0.39 is 0 Å². The molecule has 5 heteroatoms. The number of nitrogens with zero attached hydrogens (tertiary/aromatic N) is 3. The lowest BCUT2D eigenvalue weighted by Gasteiger charge is -2.24. The molecule has 1 unspecified atom stereocenters. The third-order valence-corrected chi connectivity index (χ3v) is 3.64. The molecule has 1 atom stereocenters. The predicted octanol–water partition coefficient (Wildman–Crippen LogP) is 0.288. The van der Waals surface area contributed by atoms with Crippen LogP contribution in [-0.2, 0) is 4.79 Å². The second kappa shape index (κ2) is 6.63. The van der Waals surface area contributed by atoms with E-state index in [4.69, 9.17) is 5.73 Å². The number of carbonyl (C=O) groups is 1. The van der Waals surface area contributed by atoms with Crippen molar-refractivity contribution in [1.29, 1.82) is 0 Å². The average molecular weight is 262 g/mol. The van der Waals surface area contributed by atoms with Crippen LogP contribution in [0.25, 0.3) is 0 Å². The highest BCUT2D eigenvalue weighted by atomic mass is 16.1. The Bertz CT molecular complexity index is 409. The van der Waals surface area contributed by atoms with Gasteiger partial charge in [-0.25, -0.2) is 0 Å². The van der Waals surface area contributed by atoms with Gasteiger partial charge in [0.1, 0.15) is 0 Å². The van der Waals surface area contributed by atoms with Crippen LogP contribution in [0.2, 0.25) is 0 Å². The van der Waals surface area contributed by atoms with Crippen LogP contribution in [0.4, 0.5) is 0 Å². The SMILES string of the molecule is CN1CCCN(CC(C(N)=O)c2ccccn2)CC1. The Balaban J connectivity index is 2.03. The van der Waals surface area contributed by atoms with Gasteiger partial charge >= 0.3 is 0 Å². The lowest BCUT2D eigenvalue weighted by Crippen LogP contribution is -2.37. The molecule has 104 valence electrons. The van der Waals surface area contributed by atoms with Gasteiger partial charge in [-0.05, 0) is 38.7 Å². The van der Waals surface area contributed by atoms with Crippen molar-refractivity contribution in [3.05, 3.63) is 30.1 Å². The molecule has 0 saturated carbocycles. The minimum atomic E-state index is -0.315. The van der Waals surface area contributed by atoms with E-state index >= 15 is 0 Å². The van der Waals surface area contributed by atoms with Gasteiger partial charge in [-0.2, -0.15) is 0 Å². The Hall–Kier alpha value is -1.46. The van der Waals surface area contributed by atoms with E-state index in [2.05, 4.69) is 21.8 Å². The fraction of sp³-hybridized carbons (Fsp3) is 0.571. The lowest BCUT2D eigenvalue weighted by molar-refractivity contribution is -0.120. The average Bonchev–Trinajstić information content (AvgIpc) is 2.61. The van der Waals surface area contributed by atoms with Gasteiger partial charge in [0.05, 0.1) is 11.6 Å². The summed E-state index contributed by atoms with van der Waals surface area (Å²) in [5.41, 5.74) is 6.31. The molecule has 0 aliphatic carbocycles. The van der Waals surface area contributed by atoms with Gasteiger partial charge in [0.2, 0.25) is 5.91 Å². The molecule has 2 N–H and O–H groups in total. The highest BCUT2D eigenvalue weighted by Crippen LogP contribution is 2.15. The summed E-state index contributed by atoms with van der Waals surface area (Å²) in [5, 5.41) is 0. The van der Waals surface area contributed by atoms with Gasteiger partial charge in [0.25, 0.3) is 0 Å². The molecule has 0 spiro atoms. The van der Waals surface area contributed by atoms with Crippen molar-refractivity contribution < 1.29 is 4.79 Å². The Morgan fingerprint density at radius 3 is 2.89 bits per heavy atom. The lowest BCUT2D eigenvalue weighted by atomic mass is 10.0. The topological polar surface area (TPSA) is 62.5 Å². The smallest absolute Gasteiger partial charge is 0.227 e. The molecule has 1 aromatic rings. The van der Waals surface area contributed by atoms with Crippen LogP contribution in [0.15, 0.2) is 24.4 Å². The summed E-state index contributed by atoms with van der Waals surface area (Å²) in [6.07, 6.45) is 2.84. The van der Waals surface area contributed by atoms with E-state index in [1.807, 2.05) is 18.2 Å². The molecule has 5 nitrogen and oxygen atoms in total. The van der Waals surface area contributed by atoms with Crippen LogP contribution in [0.1, 0.15) is 18.0 Å². The molecule has 2 heterocycles. The number of hydrogen-bond donors (Lipinski definition) is 1. The number of pyridine rings is 1. The van der Waals surface area contributed by atoms with Crippen molar-refractivity contribution in [3.8, 4) is 0 Å². The number of nitrogens with two attached hydrogens (primary N) is 1. The number of hydrogen-bond acceptors (Lipinski definition) is 4. The standard InChI is InChI=1S/C14H22N4O/c1-17-7-4-8-18(10-9-17)11-12(14(15)19)13-5-2-3-6-16-13/h2-3,5-6,12H,4,7-11H2,1H3,(H2,15,19). The number of primary amides is 1. The largest absolute Gasteiger partial charge is 0.369 e. The van der Waals surface area contributed by atoms with Crippen LogP contribution in [0, 0.1) is 0 Å². The van der Waals surface area contributed by atoms with Gasteiger partial charge in [-0.3, -0.25) is 9.78 Å². The summed E-state index contributed by atoms with van der Waals surface area (Å²) in [7, 11) is 2.13. The number of aromatic nitrogens is 1. The van der Waals surface area contributed by atoms with E-state index in [0.29, 0.717) is 6.54 Å². The van der Waals surface area contributed by atoms with Gasteiger partial charge in [0, 0.05) is 25.8 Å². The highest BCUT2D eigenvalue weighted by Gasteiger charge is 2.23. The summed E-state index contributed by atoms with van der Waals surface area (Å²) in [5.74, 6) is -0.610. The first-order valence-electron chi connectivity index (χ1n) is 6.78. The molecule has 1 aromatic heterocycles. The molecule has 0 radical (unpaired) electrons. The molecule has 1 aliphatic heterocycles. The molecular formula is C14H22N4O. The van der Waals surface area contributed by atoms with Crippen molar-refractivity contribution in [2.24, 2.45) is 5.73 Å². The quantitative estimate of drug-likeness (QED) is 0.847. The third-order valence-electron chi connectivity index (χ3n) is 3.64. The fourth-order valence-corrected chi connectivity index (χ4v) is 2.45. The first-order chi connectivity index (χ1) is 9.16. The molecule has 0 aromatic carbocycles. The van der Waals surface area contributed by atoms with Crippen molar-refractivity contribution in [2.45, 2.75) is 12.3 Å². The summed E-state index contributed by atoms with van der Waals surface area (Å²) in [6.45, 7) is 4.81. The maximum absolute atomic E-state index is 11.7. The van der Waals surface area contributed by atoms with Gasteiger partial charge < -0.3 is 15.5 Å². The van der Waals surface area contributed by atoms with E-state index in [1.54, 1.807) is 6.20 Å². The number of rotatable bonds is 4. The molecule has 1 fully saturated rings. The van der Waals surface area contributed by atoms with Gasteiger partial charge in [-0.15, -0.1) is 0 Å². The second-order valence-corrected chi connectivity index (χ2v) is 5.17. The molecule has 2 rings (SSSR count). The van der Waals surface area contributed by atoms with Crippen LogP contribution >= 0.6 is 0 Å². The van der Waals surface area contributed by atoms with Crippen molar-refractivity contribution in [1.82, 2.24) is 14.8 Å². The van der Waals surface area contributed by atoms with E-state index in [9.17, 15) is 4.79 Å². The van der Waals surface area contributed by atoms with Crippen LogP contribution in [0.3, 0.4) is 0 Å². The fourth-order valence-electron chi connectivity index (χ4n) is 2.45. The summed E-state index contributed by atoms with van der Waals surface area (Å²) < 4.78 is 0.